The minimum atomic E-state index is -0.837. The molecule has 1 aromatic heterocycles. The molecule has 1 saturated heterocycles. The number of carbonyl (C=O) groups is 3. The average molecular weight is 343 g/mol. The highest BCUT2D eigenvalue weighted by Crippen LogP contribution is 2.20. The summed E-state index contributed by atoms with van der Waals surface area (Å²) in [4.78, 5) is 37.2. The van der Waals surface area contributed by atoms with Crippen molar-refractivity contribution in [2.45, 2.75) is 12.5 Å². The summed E-state index contributed by atoms with van der Waals surface area (Å²) in [7, 11) is 1.24. The van der Waals surface area contributed by atoms with Crippen LogP contribution in [0.3, 0.4) is 0 Å². The summed E-state index contributed by atoms with van der Waals surface area (Å²) in [5.41, 5.74) is 1.27. The fourth-order valence-corrected chi connectivity index (χ4v) is 2.64. The van der Waals surface area contributed by atoms with Gasteiger partial charge < -0.3 is 19.5 Å². The Kier molecular flexibility index (Phi) is 4.78. The summed E-state index contributed by atoms with van der Waals surface area (Å²) in [6.45, 7) is -0.159. The number of nitrogens with zero attached hydrogens (tertiary/aromatic N) is 2. The largest absolute Gasteiger partial charge is 0.467 e. The molecule has 0 spiro atoms. The average Bonchev–Trinajstić information content (AvgIpc) is 3.10. The van der Waals surface area contributed by atoms with Crippen molar-refractivity contribution in [3.05, 3.63) is 42.1 Å². The van der Waals surface area contributed by atoms with Gasteiger partial charge in [0.2, 0.25) is 11.8 Å². The molecule has 1 N–H and O–H groups in total. The van der Waals surface area contributed by atoms with E-state index in [-0.39, 0.29) is 25.4 Å². The molecule has 8 heteroatoms. The SMILES string of the molecule is COC(=O)[C@H]1CNC(=O)CN1C(=O)Cc1cc(-c2ccccc2)on1. The molecular weight excluding hydrogens is 326 g/mol. The van der Waals surface area contributed by atoms with Crippen molar-refractivity contribution in [3.8, 4) is 11.3 Å². The van der Waals surface area contributed by atoms with Gasteiger partial charge in [-0.1, -0.05) is 35.5 Å². The van der Waals surface area contributed by atoms with Crippen molar-refractivity contribution in [1.29, 1.82) is 0 Å². The van der Waals surface area contributed by atoms with Crippen LogP contribution in [0.2, 0.25) is 0 Å². The van der Waals surface area contributed by atoms with Crippen LogP contribution < -0.4 is 5.32 Å². The number of esters is 1. The van der Waals surface area contributed by atoms with Gasteiger partial charge in [0.05, 0.1) is 19.2 Å². The van der Waals surface area contributed by atoms with E-state index in [0.717, 1.165) is 5.56 Å². The smallest absolute Gasteiger partial charge is 0.330 e. The van der Waals surface area contributed by atoms with Gasteiger partial charge in [0.1, 0.15) is 12.6 Å². The molecule has 0 unspecified atom stereocenters. The second-order valence-corrected chi connectivity index (χ2v) is 5.59. The predicted octanol–water partition coefficient (Wildman–Crippen LogP) is 0.384. The zero-order chi connectivity index (χ0) is 17.8. The van der Waals surface area contributed by atoms with E-state index in [0.29, 0.717) is 11.5 Å². The number of aromatic nitrogens is 1. The molecular formula is C17H17N3O5. The first kappa shape index (κ1) is 16.7. The number of ether oxygens (including phenoxy) is 1. The Labute approximate surface area is 143 Å². The van der Waals surface area contributed by atoms with Crippen LogP contribution in [-0.2, 0) is 25.5 Å². The van der Waals surface area contributed by atoms with E-state index >= 15 is 0 Å². The Morgan fingerprint density at radius 3 is 2.84 bits per heavy atom. The predicted molar refractivity (Wildman–Crippen MR) is 86.2 cm³/mol. The Morgan fingerprint density at radius 1 is 1.36 bits per heavy atom. The molecule has 130 valence electrons. The highest BCUT2D eigenvalue weighted by Gasteiger charge is 2.36. The number of rotatable bonds is 4. The third kappa shape index (κ3) is 3.68. The van der Waals surface area contributed by atoms with E-state index in [1.807, 2.05) is 30.3 Å². The van der Waals surface area contributed by atoms with Crippen molar-refractivity contribution < 1.29 is 23.6 Å². The summed E-state index contributed by atoms with van der Waals surface area (Å²) in [5, 5.41) is 6.45. The van der Waals surface area contributed by atoms with Crippen LogP contribution in [0.15, 0.2) is 40.9 Å². The Hall–Kier alpha value is -3.16. The number of amides is 2. The lowest BCUT2D eigenvalue weighted by atomic mass is 10.1. The second-order valence-electron chi connectivity index (χ2n) is 5.59. The van der Waals surface area contributed by atoms with Gasteiger partial charge in [0, 0.05) is 18.2 Å². The van der Waals surface area contributed by atoms with E-state index in [4.69, 9.17) is 9.26 Å². The number of carbonyl (C=O) groups excluding carboxylic acids is 3. The first-order valence-corrected chi connectivity index (χ1v) is 7.73. The molecule has 0 radical (unpaired) electrons. The topological polar surface area (TPSA) is 102 Å². The number of piperazine rings is 1. The highest BCUT2D eigenvalue weighted by atomic mass is 16.5. The van der Waals surface area contributed by atoms with Gasteiger partial charge in [-0.25, -0.2) is 4.79 Å². The number of hydrogen-bond donors (Lipinski definition) is 1. The number of methoxy groups -OCH3 is 1. The summed E-state index contributed by atoms with van der Waals surface area (Å²) in [6, 6.07) is 10.2. The van der Waals surface area contributed by atoms with Gasteiger partial charge in [-0.3, -0.25) is 9.59 Å². The number of hydrogen-bond acceptors (Lipinski definition) is 6. The standard InChI is InChI=1S/C17H17N3O5/c1-24-17(23)13-9-18-15(21)10-20(13)16(22)8-12-7-14(25-19-12)11-5-3-2-4-6-11/h2-7,13H,8-10H2,1H3,(H,18,21)/t13-/m1/s1. The molecule has 3 rings (SSSR count). The summed E-state index contributed by atoms with van der Waals surface area (Å²) < 4.78 is 9.96. The van der Waals surface area contributed by atoms with Crippen LogP contribution >= 0.6 is 0 Å². The van der Waals surface area contributed by atoms with Gasteiger partial charge >= 0.3 is 5.97 Å². The lowest BCUT2D eigenvalue weighted by molar-refractivity contribution is -0.156. The molecule has 25 heavy (non-hydrogen) atoms. The Balaban J connectivity index is 1.73. The zero-order valence-corrected chi connectivity index (χ0v) is 13.6. The maximum absolute atomic E-state index is 12.5. The van der Waals surface area contributed by atoms with Crippen LogP contribution in [0.4, 0.5) is 0 Å². The molecule has 0 saturated carbocycles. The molecule has 2 amide bonds. The lowest BCUT2D eigenvalue weighted by Gasteiger charge is -2.33. The third-order valence-electron chi connectivity index (χ3n) is 3.93. The summed E-state index contributed by atoms with van der Waals surface area (Å²) in [5.74, 6) is -0.737. The van der Waals surface area contributed by atoms with E-state index in [1.54, 1.807) is 6.07 Å². The van der Waals surface area contributed by atoms with Crippen LogP contribution in [0.1, 0.15) is 5.69 Å². The van der Waals surface area contributed by atoms with Crippen LogP contribution in [0.25, 0.3) is 11.3 Å². The molecule has 2 heterocycles. The minimum Gasteiger partial charge on any atom is -0.467 e. The molecule has 8 nitrogen and oxygen atoms in total. The number of nitrogens with one attached hydrogen (secondary N) is 1. The van der Waals surface area contributed by atoms with E-state index < -0.39 is 17.9 Å². The maximum atomic E-state index is 12.5. The first-order valence-electron chi connectivity index (χ1n) is 7.73. The van der Waals surface area contributed by atoms with Gasteiger partial charge in [-0.15, -0.1) is 0 Å². The minimum absolute atomic E-state index is 0.0331. The van der Waals surface area contributed by atoms with Gasteiger partial charge in [0.15, 0.2) is 5.76 Å². The molecule has 0 bridgehead atoms. The lowest BCUT2D eigenvalue weighted by Crippen LogP contribution is -2.59. The third-order valence-corrected chi connectivity index (χ3v) is 3.93. The van der Waals surface area contributed by atoms with Crippen LogP contribution in [-0.4, -0.2) is 54.1 Å². The molecule has 2 aromatic rings. The van der Waals surface area contributed by atoms with Crippen molar-refractivity contribution in [2.75, 3.05) is 20.2 Å². The monoisotopic (exact) mass is 343 g/mol. The molecule has 1 aliphatic heterocycles. The quantitative estimate of drug-likeness (QED) is 0.806. The van der Waals surface area contributed by atoms with Crippen molar-refractivity contribution in [2.24, 2.45) is 0 Å². The molecule has 1 aromatic carbocycles. The normalized spacial score (nSPS) is 17.1. The molecule has 0 aliphatic carbocycles. The summed E-state index contributed by atoms with van der Waals surface area (Å²) >= 11 is 0. The fourth-order valence-electron chi connectivity index (χ4n) is 2.64. The van der Waals surface area contributed by atoms with E-state index in [1.165, 1.54) is 12.0 Å². The van der Waals surface area contributed by atoms with E-state index in [2.05, 4.69) is 10.5 Å². The molecule has 1 fully saturated rings. The van der Waals surface area contributed by atoms with Gasteiger partial charge in [-0.05, 0) is 0 Å². The van der Waals surface area contributed by atoms with Gasteiger partial charge in [-0.2, -0.15) is 0 Å². The van der Waals surface area contributed by atoms with E-state index in [9.17, 15) is 14.4 Å². The van der Waals surface area contributed by atoms with Crippen LogP contribution in [0.5, 0.6) is 0 Å². The van der Waals surface area contributed by atoms with Crippen LogP contribution in [0, 0.1) is 0 Å². The summed E-state index contributed by atoms with van der Waals surface area (Å²) in [6.07, 6.45) is -0.0723. The molecule has 1 aliphatic rings. The fraction of sp³-hybridized carbons (Fsp3) is 0.294. The number of benzene rings is 1. The van der Waals surface area contributed by atoms with Crippen molar-refractivity contribution in [1.82, 2.24) is 15.4 Å². The molecule has 1 atom stereocenters. The zero-order valence-electron chi connectivity index (χ0n) is 13.6. The maximum Gasteiger partial charge on any atom is 0.330 e. The van der Waals surface area contributed by atoms with Gasteiger partial charge in [0.25, 0.3) is 0 Å². The first-order chi connectivity index (χ1) is 12.1. The second kappa shape index (κ2) is 7.16. The van der Waals surface area contributed by atoms with Crippen molar-refractivity contribution in [3.63, 3.8) is 0 Å². The highest BCUT2D eigenvalue weighted by molar-refractivity contribution is 5.92. The van der Waals surface area contributed by atoms with Crippen molar-refractivity contribution >= 4 is 17.8 Å². The Morgan fingerprint density at radius 2 is 2.12 bits per heavy atom. The Bertz CT molecular complexity index is 787.